The molecule has 35 heavy (non-hydrogen) atoms. The van der Waals surface area contributed by atoms with Gasteiger partial charge in [0.05, 0.1) is 21.5 Å². The lowest BCUT2D eigenvalue weighted by molar-refractivity contribution is 0.102. The molecule has 1 aliphatic rings. The third-order valence-electron chi connectivity index (χ3n) is 6.12. The van der Waals surface area contributed by atoms with Gasteiger partial charge in [0.1, 0.15) is 6.33 Å². The lowest BCUT2D eigenvalue weighted by Gasteiger charge is -2.26. The summed E-state index contributed by atoms with van der Waals surface area (Å²) in [5.41, 5.74) is 1.78. The molecule has 1 aliphatic heterocycles. The Kier molecular flexibility index (Phi) is 6.19. The Labute approximate surface area is 202 Å². The van der Waals surface area contributed by atoms with E-state index in [0.717, 1.165) is 19.3 Å². The van der Waals surface area contributed by atoms with E-state index in [4.69, 9.17) is 0 Å². The van der Waals surface area contributed by atoms with Gasteiger partial charge >= 0.3 is 0 Å². The zero-order chi connectivity index (χ0) is 24.4. The van der Waals surface area contributed by atoms with Crippen LogP contribution < -0.4 is 10.9 Å². The van der Waals surface area contributed by atoms with E-state index in [-0.39, 0.29) is 16.4 Å². The Balaban J connectivity index is 1.34. The minimum atomic E-state index is -3.60. The molecule has 2 heterocycles. The lowest BCUT2D eigenvalue weighted by atomic mass is 10.2. The predicted molar refractivity (Wildman–Crippen MR) is 134 cm³/mol. The second-order valence-corrected chi connectivity index (χ2v) is 10.4. The predicted octanol–water partition coefficient (Wildman–Crippen LogP) is 3.81. The van der Waals surface area contributed by atoms with Gasteiger partial charge in [0.25, 0.3) is 11.5 Å². The normalized spacial score (nSPS) is 14.6. The molecule has 9 heteroatoms. The molecule has 178 valence electrons. The van der Waals surface area contributed by atoms with E-state index in [1.165, 1.54) is 21.3 Å². The number of rotatable bonds is 5. The highest BCUT2D eigenvalue weighted by Gasteiger charge is 2.26. The number of carbonyl (C=O) groups is 1. The van der Waals surface area contributed by atoms with Gasteiger partial charge in [0, 0.05) is 24.3 Å². The van der Waals surface area contributed by atoms with E-state index >= 15 is 0 Å². The molecule has 1 aromatic heterocycles. The van der Waals surface area contributed by atoms with Crippen LogP contribution in [0.25, 0.3) is 16.6 Å². The molecule has 0 bridgehead atoms. The van der Waals surface area contributed by atoms with Gasteiger partial charge in [-0.25, -0.2) is 13.4 Å². The third kappa shape index (κ3) is 4.60. The Morgan fingerprint density at radius 2 is 1.63 bits per heavy atom. The van der Waals surface area contributed by atoms with Crippen LogP contribution in [0.1, 0.15) is 29.6 Å². The van der Waals surface area contributed by atoms with Crippen LogP contribution in [0.2, 0.25) is 0 Å². The van der Waals surface area contributed by atoms with E-state index in [0.29, 0.717) is 40.9 Å². The average molecular weight is 489 g/mol. The van der Waals surface area contributed by atoms with Gasteiger partial charge in [-0.05, 0) is 67.4 Å². The van der Waals surface area contributed by atoms with Crippen molar-refractivity contribution >= 4 is 32.5 Å². The fourth-order valence-electron chi connectivity index (χ4n) is 4.22. The van der Waals surface area contributed by atoms with Crippen molar-refractivity contribution in [3.05, 3.63) is 95.0 Å². The summed E-state index contributed by atoms with van der Waals surface area (Å²) in [6, 6.07) is 20.0. The van der Waals surface area contributed by atoms with Crippen LogP contribution in [0.4, 0.5) is 5.69 Å². The highest BCUT2D eigenvalue weighted by Crippen LogP contribution is 2.23. The third-order valence-corrected chi connectivity index (χ3v) is 8.01. The smallest absolute Gasteiger partial charge is 0.265 e. The van der Waals surface area contributed by atoms with Gasteiger partial charge in [0.15, 0.2) is 0 Å². The fourth-order valence-corrected chi connectivity index (χ4v) is 5.78. The molecule has 1 amide bonds. The van der Waals surface area contributed by atoms with Crippen molar-refractivity contribution < 1.29 is 13.2 Å². The van der Waals surface area contributed by atoms with Crippen molar-refractivity contribution in [3.8, 4) is 5.69 Å². The van der Waals surface area contributed by atoms with Crippen LogP contribution in [-0.2, 0) is 10.0 Å². The summed E-state index contributed by atoms with van der Waals surface area (Å²) in [6.45, 7) is 1.03. The number of amides is 1. The van der Waals surface area contributed by atoms with Crippen LogP contribution in [-0.4, -0.2) is 41.3 Å². The number of benzene rings is 3. The molecule has 0 unspecified atom stereocenters. The zero-order valence-corrected chi connectivity index (χ0v) is 19.7. The van der Waals surface area contributed by atoms with Gasteiger partial charge in [-0.2, -0.15) is 4.31 Å². The number of fused-ring (bicyclic) bond motifs is 1. The molecule has 1 saturated heterocycles. The standard InChI is InChI=1S/C26H24N4O4S/c31-25(28-20-7-6-8-22(17-20)35(33,34)29-15-4-1-5-16-29)19-11-13-21(14-12-19)30-18-27-24-10-3-2-9-23(24)26(30)32/h2-3,6-14,17-18H,1,4-5,15-16H2,(H,28,31). The zero-order valence-electron chi connectivity index (χ0n) is 18.9. The quantitative estimate of drug-likeness (QED) is 0.460. The maximum Gasteiger partial charge on any atom is 0.265 e. The minimum Gasteiger partial charge on any atom is -0.322 e. The summed E-state index contributed by atoms with van der Waals surface area (Å²) >= 11 is 0. The summed E-state index contributed by atoms with van der Waals surface area (Å²) in [6.07, 6.45) is 4.21. The van der Waals surface area contributed by atoms with E-state index < -0.39 is 10.0 Å². The molecule has 0 radical (unpaired) electrons. The van der Waals surface area contributed by atoms with E-state index in [1.54, 1.807) is 60.7 Å². The first-order valence-corrected chi connectivity index (χ1v) is 12.9. The van der Waals surface area contributed by atoms with E-state index in [2.05, 4.69) is 10.3 Å². The summed E-state index contributed by atoms with van der Waals surface area (Å²) in [5.74, 6) is -0.381. The number of para-hydroxylation sites is 1. The first-order chi connectivity index (χ1) is 16.9. The molecule has 0 aliphatic carbocycles. The molecule has 5 rings (SSSR count). The highest BCUT2D eigenvalue weighted by molar-refractivity contribution is 7.89. The van der Waals surface area contributed by atoms with Gasteiger partial charge in [-0.1, -0.05) is 24.6 Å². The number of sulfonamides is 1. The Hall–Kier alpha value is -3.82. The van der Waals surface area contributed by atoms with Gasteiger partial charge in [0.2, 0.25) is 10.0 Å². The molecule has 3 aromatic carbocycles. The van der Waals surface area contributed by atoms with Crippen LogP contribution in [0, 0.1) is 0 Å². The van der Waals surface area contributed by atoms with E-state index in [9.17, 15) is 18.0 Å². The molecule has 0 spiro atoms. The second-order valence-electron chi connectivity index (χ2n) is 8.43. The number of carbonyl (C=O) groups excluding carboxylic acids is 1. The van der Waals surface area contributed by atoms with Crippen LogP contribution >= 0.6 is 0 Å². The molecule has 8 nitrogen and oxygen atoms in total. The second kappa shape index (κ2) is 9.44. The minimum absolute atomic E-state index is 0.163. The van der Waals surface area contributed by atoms with Gasteiger partial charge in [-0.15, -0.1) is 0 Å². The number of nitrogens with zero attached hydrogens (tertiary/aromatic N) is 3. The van der Waals surface area contributed by atoms with Crippen molar-refractivity contribution in [3.63, 3.8) is 0 Å². The number of piperidine rings is 1. The lowest BCUT2D eigenvalue weighted by Crippen LogP contribution is -2.35. The van der Waals surface area contributed by atoms with Gasteiger partial charge in [-0.3, -0.25) is 14.2 Å². The van der Waals surface area contributed by atoms with Crippen molar-refractivity contribution in [1.82, 2.24) is 13.9 Å². The summed E-state index contributed by atoms with van der Waals surface area (Å²) < 4.78 is 28.8. The maximum atomic E-state index is 13.0. The summed E-state index contributed by atoms with van der Waals surface area (Å²) in [7, 11) is -3.60. The Morgan fingerprint density at radius 1 is 0.886 bits per heavy atom. The number of hydrogen-bond acceptors (Lipinski definition) is 5. The molecule has 1 fully saturated rings. The Bertz CT molecular complexity index is 1560. The van der Waals surface area contributed by atoms with Crippen molar-refractivity contribution in [2.24, 2.45) is 0 Å². The van der Waals surface area contributed by atoms with Gasteiger partial charge < -0.3 is 5.32 Å². The molecular formula is C26H24N4O4S. The largest absolute Gasteiger partial charge is 0.322 e. The van der Waals surface area contributed by atoms with Crippen molar-refractivity contribution in [1.29, 1.82) is 0 Å². The highest BCUT2D eigenvalue weighted by atomic mass is 32.2. The summed E-state index contributed by atoms with van der Waals surface area (Å²) in [5, 5.41) is 3.28. The van der Waals surface area contributed by atoms with Crippen LogP contribution in [0.3, 0.4) is 0 Å². The van der Waals surface area contributed by atoms with Crippen molar-refractivity contribution in [2.45, 2.75) is 24.2 Å². The number of hydrogen-bond donors (Lipinski definition) is 1. The maximum absolute atomic E-state index is 13.0. The van der Waals surface area contributed by atoms with Crippen LogP contribution in [0.15, 0.2) is 88.8 Å². The van der Waals surface area contributed by atoms with Crippen LogP contribution in [0.5, 0.6) is 0 Å². The monoisotopic (exact) mass is 488 g/mol. The molecule has 1 N–H and O–H groups in total. The van der Waals surface area contributed by atoms with Crippen molar-refractivity contribution in [2.75, 3.05) is 18.4 Å². The topological polar surface area (TPSA) is 101 Å². The SMILES string of the molecule is O=C(Nc1cccc(S(=O)(=O)N2CCCCC2)c1)c1ccc(-n2cnc3ccccc3c2=O)cc1. The first kappa shape index (κ1) is 22.9. The Morgan fingerprint density at radius 3 is 2.40 bits per heavy atom. The number of nitrogens with one attached hydrogen (secondary N) is 1. The summed E-state index contributed by atoms with van der Waals surface area (Å²) in [4.78, 5) is 30.1. The molecule has 4 aromatic rings. The molecule has 0 atom stereocenters. The molecular weight excluding hydrogens is 464 g/mol. The number of anilines is 1. The number of aromatic nitrogens is 2. The fraction of sp³-hybridized carbons (Fsp3) is 0.192. The first-order valence-electron chi connectivity index (χ1n) is 11.4. The average Bonchev–Trinajstić information content (AvgIpc) is 2.90. The van der Waals surface area contributed by atoms with E-state index in [1.807, 2.05) is 6.07 Å². The molecule has 0 saturated carbocycles.